The fourth-order valence-corrected chi connectivity index (χ4v) is 2.80. The van der Waals surface area contributed by atoms with Gasteiger partial charge in [-0.1, -0.05) is 12.1 Å². The summed E-state index contributed by atoms with van der Waals surface area (Å²) >= 11 is 0. The van der Waals surface area contributed by atoms with E-state index in [4.69, 9.17) is 4.42 Å². The zero-order chi connectivity index (χ0) is 18.7. The molecule has 2 aromatic heterocycles. The molecule has 3 aromatic rings. The molecule has 1 amide bonds. The normalized spacial score (nSPS) is 12.3. The largest absolute Gasteiger partial charge is 0.468 e. The van der Waals surface area contributed by atoms with Gasteiger partial charge in [0.1, 0.15) is 17.3 Å². The molecule has 3 rings (SSSR count). The van der Waals surface area contributed by atoms with Gasteiger partial charge >= 0.3 is 0 Å². The Bertz CT molecular complexity index is 887. The Hall–Kier alpha value is -2.93. The van der Waals surface area contributed by atoms with Crippen molar-refractivity contribution in [3.05, 3.63) is 71.7 Å². The van der Waals surface area contributed by atoms with Gasteiger partial charge < -0.3 is 9.73 Å². The van der Waals surface area contributed by atoms with Crippen LogP contribution in [-0.4, -0.2) is 41.2 Å². The standard InChI is InChI=1S/C19H21FN4O2/c1-13-14(11-22-24(13)16-8-5-4-7-15(16)20)19(25)21-12-17(23(2)3)18-9-6-10-26-18/h4-11,17H,12H2,1-3H3,(H,21,25). The number of amides is 1. The zero-order valence-electron chi connectivity index (χ0n) is 14.9. The van der Waals surface area contributed by atoms with E-state index >= 15 is 0 Å². The van der Waals surface area contributed by atoms with Gasteiger partial charge in [-0.05, 0) is 45.3 Å². The van der Waals surface area contributed by atoms with Crippen LogP contribution in [0.15, 0.2) is 53.3 Å². The highest BCUT2D eigenvalue weighted by molar-refractivity contribution is 5.95. The van der Waals surface area contributed by atoms with Crippen molar-refractivity contribution in [3.63, 3.8) is 0 Å². The lowest BCUT2D eigenvalue weighted by Crippen LogP contribution is -2.34. The van der Waals surface area contributed by atoms with Crippen LogP contribution >= 0.6 is 0 Å². The molecule has 0 saturated carbocycles. The zero-order valence-corrected chi connectivity index (χ0v) is 14.9. The molecular formula is C19H21FN4O2. The predicted molar refractivity (Wildman–Crippen MR) is 95.7 cm³/mol. The summed E-state index contributed by atoms with van der Waals surface area (Å²) in [6.45, 7) is 2.12. The molecule has 6 nitrogen and oxygen atoms in total. The van der Waals surface area contributed by atoms with Crippen molar-refractivity contribution in [1.29, 1.82) is 0 Å². The number of furan rings is 1. The molecular weight excluding hydrogens is 335 g/mol. The second-order valence-corrected chi connectivity index (χ2v) is 6.21. The fraction of sp³-hybridized carbons (Fsp3) is 0.263. The van der Waals surface area contributed by atoms with Gasteiger partial charge in [-0.25, -0.2) is 9.07 Å². The third-order valence-corrected chi connectivity index (χ3v) is 4.29. The van der Waals surface area contributed by atoms with E-state index in [9.17, 15) is 9.18 Å². The molecule has 0 spiro atoms. The Balaban J connectivity index is 1.76. The third kappa shape index (κ3) is 3.52. The number of hydrogen-bond acceptors (Lipinski definition) is 4. The molecule has 0 aliphatic rings. The molecule has 1 unspecified atom stereocenters. The molecule has 0 aliphatic carbocycles. The Morgan fingerprint density at radius 2 is 2.08 bits per heavy atom. The van der Waals surface area contributed by atoms with E-state index in [0.29, 0.717) is 23.5 Å². The van der Waals surface area contributed by atoms with Gasteiger partial charge in [0.2, 0.25) is 0 Å². The first-order valence-corrected chi connectivity index (χ1v) is 8.26. The van der Waals surface area contributed by atoms with Crippen molar-refractivity contribution >= 4 is 5.91 Å². The van der Waals surface area contributed by atoms with Crippen LogP contribution in [0, 0.1) is 12.7 Å². The minimum absolute atomic E-state index is 0.0872. The van der Waals surface area contributed by atoms with Crippen molar-refractivity contribution < 1.29 is 13.6 Å². The first-order valence-electron chi connectivity index (χ1n) is 8.26. The van der Waals surface area contributed by atoms with E-state index in [-0.39, 0.29) is 11.9 Å². The van der Waals surface area contributed by atoms with E-state index in [1.165, 1.54) is 16.9 Å². The lowest BCUT2D eigenvalue weighted by molar-refractivity contribution is 0.0938. The van der Waals surface area contributed by atoms with E-state index in [1.807, 2.05) is 31.1 Å². The second-order valence-electron chi connectivity index (χ2n) is 6.21. The van der Waals surface area contributed by atoms with Crippen LogP contribution < -0.4 is 5.32 Å². The van der Waals surface area contributed by atoms with Crippen LogP contribution in [-0.2, 0) is 0 Å². The number of hydrogen-bond donors (Lipinski definition) is 1. The highest BCUT2D eigenvalue weighted by atomic mass is 19.1. The third-order valence-electron chi connectivity index (χ3n) is 4.29. The number of carbonyl (C=O) groups is 1. The summed E-state index contributed by atoms with van der Waals surface area (Å²) in [4.78, 5) is 14.6. The molecule has 0 radical (unpaired) electrons. The maximum Gasteiger partial charge on any atom is 0.254 e. The van der Waals surface area contributed by atoms with Gasteiger partial charge in [0, 0.05) is 6.54 Å². The molecule has 1 N–H and O–H groups in total. The number of aromatic nitrogens is 2. The topological polar surface area (TPSA) is 63.3 Å². The minimum Gasteiger partial charge on any atom is -0.468 e. The molecule has 26 heavy (non-hydrogen) atoms. The Morgan fingerprint density at radius 3 is 2.73 bits per heavy atom. The summed E-state index contributed by atoms with van der Waals surface area (Å²) in [5.74, 6) is 0.119. The summed E-state index contributed by atoms with van der Waals surface area (Å²) in [6, 6.07) is 9.92. The highest BCUT2D eigenvalue weighted by Gasteiger charge is 2.21. The summed E-state index contributed by atoms with van der Waals surface area (Å²) in [6.07, 6.45) is 3.06. The molecule has 136 valence electrons. The van der Waals surface area contributed by atoms with Gasteiger partial charge in [-0.3, -0.25) is 9.69 Å². The maximum absolute atomic E-state index is 14.0. The molecule has 1 aromatic carbocycles. The number of likely N-dealkylation sites (N-methyl/N-ethyl adjacent to an activating group) is 1. The number of benzene rings is 1. The molecule has 0 bridgehead atoms. The van der Waals surface area contributed by atoms with Crippen LogP contribution in [0.2, 0.25) is 0 Å². The monoisotopic (exact) mass is 356 g/mol. The average Bonchev–Trinajstić information content (AvgIpc) is 3.25. The smallest absolute Gasteiger partial charge is 0.254 e. The lowest BCUT2D eigenvalue weighted by atomic mass is 10.2. The van der Waals surface area contributed by atoms with Crippen molar-refractivity contribution in [3.8, 4) is 5.69 Å². The van der Waals surface area contributed by atoms with E-state index in [1.54, 1.807) is 31.4 Å². The predicted octanol–water partition coefficient (Wildman–Crippen LogP) is 2.95. The maximum atomic E-state index is 14.0. The molecule has 7 heteroatoms. The van der Waals surface area contributed by atoms with Gasteiger partial charge in [0.05, 0.1) is 29.8 Å². The number of halogens is 1. The Kier molecular flexibility index (Phi) is 5.18. The summed E-state index contributed by atoms with van der Waals surface area (Å²) in [5.41, 5.74) is 1.29. The highest BCUT2D eigenvalue weighted by Crippen LogP contribution is 2.19. The fourth-order valence-electron chi connectivity index (χ4n) is 2.80. The van der Waals surface area contributed by atoms with Crippen molar-refractivity contribution in [2.24, 2.45) is 0 Å². The summed E-state index contributed by atoms with van der Waals surface area (Å²) in [5, 5.41) is 7.07. The van der Waals surface area contributed by atoms with Crippen LogP contribution in [0.1, 0.15) is 27.9 Å². The van der Waals surface area contributed by atoms with Crippen LogP contribution in [0.25, 0.3) is 5.69 Å². The molecule has 2 heterocycles. The molecule has 0 fully saturated rings. The van der Waals surface area contributed by atoms with E-state index < -0.39 is 5.82 Å². The number of nitrogens with one attached hydrogen (secondary N) is 1. The SMILES string of the molecule is Cc1c(C(=O)NCC(c2ccco2)N(C)C)cnn1-c1ccccc1F. The molecule has 1 atom stereocenters. The number of carbonyl (C=O) groups excluding carboxylic acids is 1. The second kappa shape index (κ2) is 7.53. The molecule has 0 aliphatic heterocycles. The Labute approximate surface area is 151 Å². The summed E-state index contributed by atoms with van der Waals surface area (Å²) in [7, 11) is 3.83. The van der Waals surface area contributed by atoms with Crippen LogP contribution in [0.5, 0.6) is 0 Å². The van der Waals surface area contributed by atoms with Crippen LogP contribution in [0.4, 0.5) is 4.39 Å². The summed E-state index contributed by atoms with van der Waals surface area (Å²) < 4.78 is 20.9. The average molecular weight is 356 g/mol. The van der Waals surface area contributed by atoms with E-state index in [2.05, 4.69) is 10.4 Å². The van der Waals surface area contributed by atoms with E-state index in [0.717, 1.165) is 5.76 Å². The van der Waals surface area contributed by atoms with Crippen molar-refractivity contribution in [1.82, 2.24) is 20.0 Å². The number of rotatable bonds is 6. The van der Waals surface area contributed by atoms with Crippen molar-refractivity contribution in [2.75, 3.05) is 20.6 Å². The quantitative estimate of drug-likeness (QED) is 0.738. The number of nitrogens with zero attached hydrogens (tertiary/aromatic N) is 3. The number of para-hydroxylation sites is 1. The van der Waals surface area contributed by atoms with Crippen molar-refractivity contribution in [2.45, 2.75) is 13.0 Å². The van der Waals surface area contributed by atoms with Gasteiger partial charge in [-0.15, -0.1) is 0 Å². The lowest BCUT2D eigenvalue weighted by Gasteiger charge is -2.22. The first kappa shape index (κ1) is 17.9. The van der Waals surface area contributed by atoms with Gasteiger partial charge in [0.15, 0.2) is 0 Å². The van der Waals surface area contributed by atoms with Gasteiger partial charge in [0.25, 0.3) is 5.91 Å². The van der Waals surface area contributed by atoms with Gasteiger partial charge in [-0.2, -0.15) is 5.10 Å². The first-order chi connectivity index (χ1) is 12.5. The molecule has 0 saturated heterocycles. The Morgan fingerprint density at radius 1 is 1.31 bits per heavy atom. The van der Waals surface area contributed by atoms with Crippen LogP contribution in [0.3, 0.4) is 0 Å². The minimum atomic E-state index is -0.392.